The maximum atomic E-state index is 12.5. The van der Waals surface area contributed by atoms with Gasteiger partial charge in [-0.1, -0.05) is 35.6 Å². The van der Waals surface area contributed by atoms with Crippen molar-refractivity contribution in [1.82, 2.24) is 23.9 Å². The molecule has 3 aromatic rings. The summed E-state index contributed by atoms with van der Waals surface area (Å²) in [4.78, 5) is 16.5. The molecule has 1 aromatic heterocycles. The molecule has 47 heavy (non-hydrogen) atoms. The van der Waals surface area contributed by atoms with Crippen molar-refractivity contribution in [3.8, 4) is 23.1 Å². The number of morpholine rings is 1. The molecule has 0 saturated carbocycles. The van der Waals surface area contributed by atoms with Gasteiger partial charge >= 0.3 is 5.97 Å². The van der Waals surface area contributed by atoms with Crippen molar-refractivity contribution < 1.29 is 22.7 Å². The quantitative estimate of drug-likeness (QED) is 0.250. The second-order valence-corrected chi connectivity index (χ2v) is 14.7. The van der Waals surface area contributed by atoms with Crippen LogP contribution in [0.15, 0.2) is 36.4 Å². The number of halogens is 1. The molecule has 0 aliphatic carbocycles. The number of rotatable bonds is 9. The number of nitrogens with zero attached hydrogens (tertiary/aromatic N) is 5. The fourth-order valence-electron chi connectivity index (χ4n) is 6.56. The number of sulfonamides is 1. The zero-order chi connectivity index (χ0) is 33.0. The van der Waals surface area contributed by atoms with Crippen LogP contribution in [0.25, 0.3) is 11.3 Å². The number of carbonyl (C=O) groups excluding carboxylic acids is 1. The molecule has 10 nitrogen and oxygen atoms in total. The van der Waals surface area contributed by atoms with Crippen LogP contribution in [0.5, 0.6) is 0 Å². The summed E-state index contributed by atoms with van der Waals surface area (Å²) in [5.74, 6) is 6.38. The number of hydrogen-bond donors (Lipinski definition) is 0. The van der Waals surface area contributed by atoms with Gasteiger partial charge in [-0.25, -0.2) is 8.42 Å². The summed E-state index contributed by atoms with van der Waals surface area (Å²) in [5.41, 5.74) is 7.70. The summed E-state index contributed by atoms with van der Waals surface area (Å²) in [5, 5.41) is 5.61. The molecule has 0 unspecified atom stereocenters. The van der Waals surface area contributed by atoms with E-state index in [-0.39, 0.29) is 5.97 Å². The molecule has 1 fully saturated rings. The number of carbonyl (C=O) groups is 1. The van der Waals surface area contributed by atoms with Gasteiger partial charge in [0.2, 0.25) is 10.0 Å². The van der Waals surface area contributed by atoms with Gasteiger partial charge in [0.25, 0.3) is 0 Å². The van der Waals surface area contributed by atoms with E-state index in [0.29, 0.717) is 49.8 Å². The maximum absolute atomic E-state index is 12.5. The molecular formula is C35H42ClN5O5S. The van der Waals surface area contributed by atoms with Gasteiger partial charge in [-0.15, -0.1) is 0 Å². The molecule has 0 bridgehead atoms. The average molecular weight is 680 g/mol. The van der Waals surface area contributed by atoms with E-state index in [4.69, 9.17) is 26.2 Å². The molecule has 6 rings (SSSR count). The van der Waals surface area contributed by atoms with E-state index in [9.17, 15) is 13.2 Å². The SMILES string of the molecule is CCOC(=O)CN1CCc2cc(C#Cc3cc(-c4nn(CCCN5CCOCC5)c5c4CN(S(C)(=O)=O)CC5)ccc3Cl)ccc2C1. The lowest BCUT2D eigenvalue weighted by molar-refractivity contribution is -0.144. The molecule has 0 atom stereocenters. The molecule has 0 radical (unpaired) electrons. The summed E-state index contributed by atoms with van der Waals surface area (Å²) >= 11 is 6.65. The lowest BCUT2D eigenvalue weighted by atomic mass is 9.97. The van der Waals surface area contributed by atoms with Crippen molar-refractivity contribution in [1.29, 1.82) is 0 Å². The third-order valence-electron chi connectivity index (χ3n) is 9.05. The van der Waals surface area contributed by atoms with Gasteiger partial charge in [0, 0.05) is 86.7 Å². The molecule has 3 aliphatic heterocycles. The highest BCUT2D eigenvalue weighted by molar-refractivity contribution is 7.88. The predicted octanol–water partition coefficient (Wildman–Crippen LogP) is 3.56. The number of aromatic nitrogens is 2. The first-order valence-corrected chi connectivity index (χ1v) is 18.6. The number of ether oxygens (including phenoxy) is 2. The zero-order valence-corrected chi connectivity index (χ0v) is 28.7. The van der Waals surface area contributed by atoms with E-state index >= 15 is 0 Å². The summed E-state index contributed by atoms with van der Waals surface area (Å²) in [6.45, 7) is 9.91. The van der Waals surface area contributed by atoms with Crippen molar-refractivity contribution in [2.24, 2.45) is 0 Å². The standard InChI is InChI=1S/C35H42ClN5O5S/c1-3-46-34(42)25-39-15-11-27-21-26(6-8-30(27)23-39)5-7-28-22-29(9-10-32(28)36)35-31-24-40(47(2,43)44)16-12-33(31)41(37-35)14-4-13-38-17-19-45-20-18-38/h6,8-10,21-22H,3-4,11-20,23-25H2,1-2H3. The molecule has 12 heteroatoms. The lowest BCUT2D eigenvalue weighted by Gasteiger charge is -2.27. The minimum absolute atomic E-state index is 0.193. The Morgan fingerprint density at radius 2 is 1.81 bits per heavy atom. The van der Waals surface area contributed by atoms with Gasteiger partial charge in [-0.2, -0.15) is 9.40 Å². The smallest absolute Gasteiger partial charge is 0.320 e. The maximum Gasteiger partial charge on any atom is 0.320 e. The number of fused-ring (bicyclic) bond motifs is 2. The van der Waals surface area contributed by atoms with E-state index < -0.39 is 10.0 Å². The zero-order valence-electron chi connectivity index (χ0n) is 27.1. The number of esters is 1. The van der Waals surface area contributed by atoms with E-state index in [0.717, 1.165) is 86.9 Å². The fraction of sp³-hybridized carbons (Fsp3) is 0.486. The lowest BCUT2D eigenvalue weighted by Crippen LogP contribution is -2.37. The second-order valence-electron chi connectivity index (χ2n) is 12.3. The summed E-state index contributed by atoms with van der Waals surface area (Å²) in [7, 11) is -3.35. The molecule has 250 valence electrons. The monoisotopic (exact) mass is 679 g/mol. The van der Waals surface area contributed by atoms with Crippen LogP contribution < -0.4 is 0 Å². The minimum atomic E-state index is -3.35. The second kappa shape index (κ2) is 14.9. The Morgan fingerprint density at radius 3 is 2.60 bits per heavy atom. The molecule has 3 aliphatic rings. The normalized spacial score (nSPS) is 17.4. The van der Waals surface area contributed by atoms with Crippen LogP contribution in [0.3, 0.4) is 0 Å². The average Bonchev–Trinajstić information content (AvgIpc) is 3.42. The predicted molar refractivity (Wildman–Crippen MR) is 182 cm³/mol. The first-order chi connectivity index (χ1) is 22.7. The Balaban J connectivity index is 1.23. The third kappa shape index (κ3) is 8.26. The first kappa shape index (κ1) is 33.7. The summed E-state index contributed by atoms with van der Waals surface area (Å²) in [6.07, 6.45) is 3.67. The van der Waals surface area contributed by atoms with Gasteiger partial charge in [-0.3, -0.25) is 19.3 Å². The van der Waals surface area contributed by atoms with Gasteiger partial charge in [0.1, 0.15) is 0 Å². The van der Waals surface area contributed by atoms with Gasteiger partial charge < -0.3 is 9.47 Å². The van der Waals surface area contributed by atoms with Crippen LogP contribution in [0.1, 0.15) is 46.9 Å². The highest BCUT2D eigenvalue weighted by atomic mass is 35.5. The largest absolute Gasteiger partial charge is 0.465 e. The number of aryl methyl sites for hydroxylation is 1. The van der Waals surface area contributed by atoms with Crippen LogP contribution >= 0.6 is 11.6 Å². The molecule has 0 spiro atoms. The van der Waals surface area contributed by atoms with E-state index in [2.05, 4.69) is 38.5 Å². The van der Waals surface area contributed by atoms with Crippen LogP contribution in [0, 0.1) is 11.8 Å². The van der Waals surface area contributed by atoms with Crippen molar-refractivity contribution >= 4 is 27.6 Å². The molecule has 2 aromatic carbocycles. The summed E-state index contributed by atoms with van der Waals surface area (Å²) < 4.78 is 39.2. The Kier molecular flexibility index (Phi) is 10.7. The highest BCUT2D eigenvalue weighted by Gasteiger charge is 2.30. The Bertz CT molecular complexity index is 1790. The topological polar surface area (TPSA) is 97.2 Å². The Hall–Kier alpha value is -3.24. The Morgan fingerprint density at radius 1 is 0.979 bits per heavy atom. The molecular weight excluding hydrogens is 638 g/mol. The number of hydrogen-bond acceptors (Lipinski definition) is 8. The van der Waals surface area contributed by atoms with Crippen molar-refractivity contribution in [3.05, 3.63) is 74.9 Å². The van der Waals surface area contributed by atoms with Crippen molar-refractivity contribution in [2.75, 3.05) is 65.3 Å². The van der Waals surface area contributed by atoms with Crippen LogP contribution in [-0.2, 0) is 56.8 Å². The third-order valence-corrected chi connectivity index (χ3v) is 10.6. The van der Waals surface area contributed by atoms with Crippen molar-refractivity contribution in [3.63, 3.8) is 0 Å². The minimum Gasteiger partial charge on any atom is -0.465 e. The molecule has 4 heterocycles. The molecule has 1 saturated heterocycles. The van der Waals surface area contributed by atoms with Gasteiger partial charge in [0.05, 0.1) is 43.3 Å². The van der Waals surface area contributed by atoms with E-state index in [1.807, 2.05) is 31.2 Å². The highest BCUT2D eigenvalue weighted by Crippen LogP contribution is 2.33. The van der Waals surface area contributed by atoms with Gasteiger partial charge in [-0.05, 0) is 55.2 Å². The molecule has 0 N–H and O–H groups in total. The summed E-state index contributed by atoms with van der Waals surface area (Å²) in [6, 6.07) is 11.9. The first-order valence-electron chi connectivity index (χ1n) is 16.3. The Labute approximate surface area is 282 Å². The number of benzene rings is 2. The van der Waals surface area contributed by atoms with Crippen LogP contribution in [0.2, 0.25) is 5.02 Å². The van der Waals surface area contributed by atoms with Crippen LogP contribution in [0.4, 0.5) is 0 Å². The van der Waals surface area contributed by atoms with E-state index in [1.54, 1.807) is 0 Å². The molecule has 0 amide bonds. The van der Waals surface area contributed by atoms with E-state index in [1.165, 1.54) is 21.7 Å². The van der Waals surface area contributed by atoms with Gasteiger partial charge in [0.15, 0.2) is 0 Å². The van der Waals surface area contributed by atoms with Crippen molar-refractivity contribution in [2.45, 2.75) is 45.8 Å². The van der Waals surface area contributed by atoms with Crippen LogP contribution in [-0.4, -0.2) is 104 Å². The fourth-order valence-corrected chi connectivity index (χ4v) is 7.51.